The second kappa shape index (κ2) is 6.73. The molecule has 2 aromatic carbocycles. The van der Waals surface area contributed by atoms with Crippen molar-refractivity contribution >= 4 is 28.9 Å². The van der Waals surface area contributed by atoms with Crippen LogP contribution in [0.4, 0.5) is 17.3 Å². The van der Waals surface area contributed by atoms with Crippen LogP contribution in [0.15, 0.2) is 54.6 Å². The predicted molar refractivity (Wildman–Crippen MR) is 103 cm³/mol. The Balaban J connectivity index is 1.60. The van der Waals surface area contributed by atoms with Gasteiger partial charge in [-0.2, -0.15) is 0 Å². The summed E-state index contributed by atoms with van der Waals surface area (Å²) >= 11 is 6.06. The minimum atomic E-state index is 0.698. The Morgan fingerprint density at radius 1 is 1.00 bits per heavy atom. The molecule has 0 aliphatic carbocycles. The molecule has 3 aromatic rings. The van der Waals surface area contributed by atoms with Crippen molar-refractivity contribution in [1.29, 1.82) is 0 Å². The van der Waals surface area contributed by atoms with Crippen LogP contribution in [0.25, 0.3) is 0 Å². The van der Waals surface area contributed by atoms with Crippen molar-refractivity contribution in [2.24, 2.45) is 0 Å². The molecule has 0 fully saturated rings. The number of benzene rings is 2. The lowest BCUT2D eigenvalue weighted by Gasteiger charge is -2.30. The van der Waals surface area contributed by atoms with E-state index in [9.17, 15) is 0 Å². The van der Waals surface area contributed by atoms with Gasteiger partial charge in [0.25, 0.3) is 0 Å². The largest absolute Gasteiger partial charge is 0.352 e. The molecule has 0 radical (unpaired) electrons. The molecule has 2 heterocycles. The number of aromatic nitrogens is 2. The second-order valence-corrected chi connectivity index (χ2v) is 6.67. The van der Waals surface area contributed by atoms with Gasteiger partial charge in [-0.1, -0.05) is 41.9 Å². The summed E-state index contributed by atoms with van der Waals surface area (Å²) in [5.74, 6) is 2.48. The van der Waals surface area contributed by atoms with E-state index in [1.54, 1.807) is 0 Å². The van der Waals surface area contributed by atoms with E-state index >= 15 is 0 Å². The van der Waals surface area contributed by atoms with Gasteiger partial charge in [0.15, 0.2) is 0 Å². The number of halogens is 1. The van der Waals surface area contributed by atoms with Crippen molar-refractivity contribution in [3.63, 3.8) is 0 Å². The van der Waals surface area contributed by atoms with E-state index in [2.05, 4.69) is 44.5 Å². The fourth-order valence-electron chi connectivity index (χ4n) is 3.18. The van der Waals surface area contributed by atoms with Crippen LogP contribution in [0, 0.1) is 6.92 Å². The average Bonchev–Trinajstić information content (AvgIpc) is 2.61. The minimum Gasteiger partial charge on any atom is -0.352 e. The number of hydrogen-bond donors (Lipinski definition) is 1. The van der Waals surface area contributed by atoms with Crippen molar-refractivity contribution in [1.82, 2.24) is 9.97 Å². The summed E-state index contributed by atoms with van der Waals surface area (Å²) in [7, 11) is 0. The Bertz CT molecular complexity index is 910. The molecule has 0 saturated heterocycles. The fourth-order valence-corrected chi connectivity index (χ4v) is 3.37. The Morgan fingerprint density at radius 3 is 2.68 bits per heavy atom. The van der Waals surface area contributed by atoms with E-state index in [4.69, 9.17) is 11.6 Å². The number of anilines is 3. The Labute approximate surface area is 152 Å². The van der Waals surface area contributed by atoms with Crippen LogP contribution in [-0.2, 0) is 13.0 Å². The van der Waals surface area contributed by atoms with Gasteiger partial charge in [0.1, 0.15) is 17.5 Å². The third-order valence-electron chi connectivity index (χ3n) is 4.38. The minimum absolute atomic E-state index is 0.698. The lowest BCUT2D eigenvalue weighted by Crippen LogP contribution is -2.31. The van der Waals surface area contributed by atoms with Crippen molar-refractivity contribution in [2.75, 3.05) is 16.8 Å². The number of aryl methyl sites for hydroxylation is 1. The van der Waals surface area contributed by atoms with Gasteiger partial charge in [0, 0.05) is 29.9 Å². The molecule has 126 valence electrons. The van der Waals surface area contributed by atoms with Crippen molar-refractivity contribution in [3.05, 3.63) is 76.6 Å². The summed E-state index contributed by atoms with van der Waals surface area (Å²) < 4.78 is 0. The molecule has 0 saturated carbocycles. The van der Waals surface area contributed by atoms with Gasteiger partial charge in [-0.15, -0.1) is 0 Å². The molecular formula is C20H19ClN4. The highest BCUT2D eigenvalue weighted by Gasteiger charge is 2.18. The van der Waals surface area contributed by atoms with E-state index < -0.39 is 0 Å². The van der Waals surface area contributed by atoms with Gasteiger partial charge < -0.3 is 10.2 Å². The van der Waals surface area contributed by atoms with E-state index in [1.165, 1.54) is 11.1 Å². The van der Waals surface area contributed by atoms with Crippen LogP contribution in [-0.4, -0.2) is 16.5 Å². The lowest BCUT2D eigenvalue weighted by atomic mass is 10.00. The maximum absolute atomic E-state index is 6.06. The maximum atomic E-state index is 6.06. The number of nitrogens with one attached hydrogen (secondary N) is 1. The SMILES string of the molecule is Cc1nc(Nc2cccc(Cl)c2)cc(N2CCc3ccccc3C2)n1. The van der Waals surface area contributed by atoms with Crippen LogP contribution in [0.5, 0.6) is 0 Å². The van der Waals surface area contributed by atoms with Gasteiger partial charge in [0.2, 0.25) is 0 Å². The molecule has 0 bridgehead atoms. The molecule has 0 atom stereocenters. The van der Waals surface area contributed by atoms with Crippen molar-refractivity contribution in [3.8, 4) is 0 Å². The smallest absolute Gasteiger partial charge is 0.136 e. The third kappa shape index (κ3) is 3.59. The third-order valence-corrected chi connectivity index (χ3v) is 4.61. The van der Waals surface area contributed by atoms with E-state index in [0.29, 0.717) is 5.02 Å². The van der Waals surface area contributed by atoms with Crippen molar-refractivity contribution < 1.29 is 0 Å². The lowest BCUT2D eigenvalue weighted by molar-refractivity contribution is 0.717. The number of rotatable bonds is 3. The highest BCUT2D eigenvalue weighted by Crippen LogP contribution is 2.26. The van der Waals surface area contributed by atoms with Gasteiger partial charge in [-0.25, -0.2) is 9.97 Å². The summed E-state index contributed by atoms with van der Waals surface area (Å²) in [6, 6.07) is 18.2. The van der Waals surface area contributed by atoms with Crippen molar-refractivity contribution in [2.45, 2.75) is 19.9 Å². The molecule has 1 aliphatic heterocycles. The molecule has 0 spiro atoms. The normalized spacial score (nSPS) is 13.4. The molecule has 0 amide bonds. The van der Waals surface area contributed by atoms with E-state index in [-0.39, 0.29) is 0 Å². The van der Waals surface area contributed by atoms with Crippen LogP contribution in [0.3, 0.4) is 0 Å². The van der Waals surface area contributed by atoms with Gasteiger partial charge in [-0.05, 0) is 42.7 Å². The van der Waals surface area contributed by atoms with Crippen LogP contribution in [0.2, 0.25) is 5.02 Å². The molecule has 1 N–H and O–H groups in total. The van der Waals surface area contributed by atoms with Gasteiger partial charge in [0.05, 0.1) is 0 Å². The molecule has 4 nitrogen and oxygen atoms in total. The Kier molecular flexibility index (Phi) is 4.28. The molecule has 1 aliphatic rings. The first-order valence-corrected chi connectivity index (χ1v) is 8.75. The molecule has 25 heavy (non-hydrogen) atoms. The van der Waals surface area contributed by atoms with Crippen LogP contribution in [0.1, 0.15) is 17.0 Å². The molecule has 5 heteroatoms. The molecule has 4 rings (SSSR count). The number of fused-ring (bicyclic) bond motifs is 1. The fraction of sp³-hybridized carbons (Fsp3) is 0.200. The van der Waals surface area contributed by atoms with E-state index in [1.807, 2.05) is 37.3 Å². The Hall–Kier alpha value is -2.59. The first kappa shape index (κ1) is 15.9. The molecular weight excluding hydrogens is 332 g/mol. The quantitative estimate of drug-likeness (QED) is 0.740. The maximum Gasteiger partial charge on any atom is 0.136 e. The predicted octanol–water partition coefficient (Wildman–Crippen LogP) is 4.74. The highest BCUT2D eigenvalue weighted by atomic mass is 35.5. The summed E-state index contributed by atoms with van der Waals surface area (Å²) in [5, 5.41) is 4.02. The standard InChI is InChI=1S/C20H19ClN4/c1-14-22-19(24-18-8-4-7-17(21)11-18)12-20(23-14)25-10-9-15-5-2-3-6-16(15)13-25/h2-8,11-12H,9-10,13H2,1H3,(H,22,23,24). The van der Waals surface area contributed by atoms with E-state index in [0.717, 1.165) is 42.7 Å². The summed E-state index contributed by atoms with van der Waals surface area (Å²) in [6.45, 7) is 3.76. The monoisotopic (exact) mass is 350 g/mol. The van der Waals surface area contributed by atoms with Gasteiger partial charge in [-0.3, -0.25) is 0 Å². The summed E-state index contributed by atoms with van der Waals surface area (Å²) in [5.41, 5.74) is 3.72. The zero-order valence-electron chi connectivity index (χ0n) is 14.0. The van der Waals surface area contributed by atoms with Crippen LogP contribution >= 0.6 is 11.6 Å². The zero-order chi connectivity index (χ0) is 17.2. The van der Waals surface area contributed by atoms with Gasteiger partial charge >= 0.3 is 0 Å². The average molecular weight is 351 g/mol. The summed E-state index contributed by atoms with van der Waals surface area (Å²) in [4.78, 5) is 11.5. The number of nitrogens with zero attached hydrogens (tertiary/aromatic N) is 3. The summed E-state index contributed by atoms with van der Waals surface area (Å²) in [6.07, 6.45) is 1.04. The molecule has 0 unspecified atom stereocenters. The molecule has 1 aromatic heterocycles. The number of hydrogen-bond acceptors (Lipinski definition) is 4. The first-order valence-electron chi connectivity index (χ1n) is 8.37. The second-order valence-electron chi connectivity index (χ2n) is 6.23. The Morgan fingerprint density at radius 2 is 1.84 bits per heavy atom. The first-order chi connectivity index (χ1) is 12.2. The topological polar surface area (TPSA) is 41.1 Å². The zero-order valence-corrected chi connectivity index (χ0v) is 14.8. The van der Waals surface area contributed by atoms with Crippen LogP contribution < -0.4 is 10.2 Å². The highest BCUT2D eigenvalue weighted by molar-refractivity contribution is 6.30.